The van der Waals surface area contributed by atoms with Crippen molar-refractivity contribution in [3.63, 3.8) is 0 Å². The van der Waals surface area contributed by atoms with Crippen LogP contribution >= 0.6 is 0 Å². The van der Waals surface area contributed by atoms with Gasteiger partial charge in [-0.15, -0.1) is 0 Å². The maximum absolute atomic E-state index is 13.4. The molecule has 0 heterocycles. The highest BCUT2D eigenvalue weighted by molar-refractivity contribution is 5.88. The number of aryl methyl sites for hydroxylation is 1. The molecule has 0 spiro atoms. The van der Waals surface area contributed by atoms with E-state index in [1.165, 1.54) is 0 Å². The Bertz CT molecular complexity index is 890. The molecule has 1 aliphatic rings. The molecule has 0 aromatic heterocycles. The quantitative estimate of drug-likeness (QED) is 0.651. The van der Waals surface area contributed by atoms with Gasteiger partial charge in [-0.25, -0.2) is 0 Å². The molecule has 1 unspecified atom stereocenters. The van der Waals surface area contributed by atoms with E-state index in [1.54, 1.807) is 12.0 Å². The van der Waals surface area contributed by atoms with Gasteiger partial charge in [0, 0.05) is 12.6 Å². The normalized spacial score (nSPS) is 14.8. The molecular weight excluding hydrogens is 388 g/mol. The molecule has 1 atom stereocenters. The van der Waals surface area contributed by atoms with Gasteiger partial charge in [0.2, 0.25) is 11.8 Å². The zero-order chi connectivity index (χ0) is 22.2. The van der Waals surface area contributed by atoms with Crippen LogP contribution in [0.1, 0.15) is 55.7 Å². The van der Waals surface area contributed by atoms with E-state index in [2.05, 4.69) is 5.32 Å². The van der Waals surface area contributed by atoms with Gasteiger partial charge in [-0.1, -0.05) is 61.7 Å². The summed E-state index contributed by atoms with van der Waals surface area (Å²) in [4.78, 5) is 28.3. The van der Waals surface area contributed by atoms with Crippen LogP contribution in [-0.2, 0) is 22.6 Å². The van der Waals surface area contributed by atoms with Crippen molar-refractivity contribution in [2.24, 2.45) is 0 Å². The number of amides is 2. The average molecular weight is 423 g/mol. The highest BCUT2D eigenvalue weighted by Crippen LogP contribution is 2.21. The zero-order valence-corrected chi connectivity index (χ0v) is 18.9. The van der Waals surface area contributed by atoms with Crippen LogP contribution in [0, 0.1) is 6.92 Å². The van der Waals surface area contributed by atoms with E-state index in [1.807, 2.05) is 62.4 Å². The van der Waals surface area contributed by atoms with E-state index < -0.39 is 6.04 Å². The van der Waals surface area contributed by atoms with Crippen molar-refractivity contribution in [2.75, 3.05) is 7.11 Å². The monoisotopic (exact) mass is 422 g/mol. The molecule has 1 aliphatic carbocycles. The van der Waals surface area contributed by atoms with Crippen molar-refractivity contribution in [3.05, 3.63) is 65.2 Å². The number of carbonyl (C=O) groups excluding carboxylic acids is 2. The summed E-state index contributed by atoms with van der Waals surface area (Å²) in [6, 6.07) is 15.4. The van der Waals surface area contributed by atoms with Crippen molar-refractivity contribution in [2.45, 2.75) is 71.0 Å². The van der Waals surface area contributed by atoms with Crippen LogP contribution in [0.2, 0.25) is 0 Å². The maximum atomic E-state index is 13.4. The van der Waals surface area contributed by atoms with Gasteiger partial charge >= 0.3 is 0 Å². The third-order valence-electron chi connectivity index (χ3n) is 6.01. The molecule has 1 saturated carbocycles. The lowest BCUT2D eigenvalue weighted by atomic mass is 10.0. The largest absolute Gasteiger partial charge is 0.497 e. The van der Waals surface area contributed by atoms with E-state index >= 15 is 0 Å². The van der Waals surface area contributed by atoms with Crippen LogP contribution in [0.4, 0.5) is 0 Å². The number of benzene rings is 2. The number of rotatable bonds is 9. The number of ether oxygens (including phenoxy) is 1. The molecular formula is C26H34N2O3. The lowest BCUT2D eigenvalue weighted by Crippen LogP contribution is -2.51. The third-order valence-corrected chi connectivity index (χ3v) is 6.01. The number of nitrogens with one attached hydrogen (secondary N) is 1. The lowest BCUT2D eigenvalue weighted by molar-refractivity contribution is -0.141. The minimum absolute atomic E-state index is 0.0400. The van der Waals surface area contributed by atoms with Crippen LogP contribution in [0.25, 0.3) is 0 Å². The molecule has 5 heteroatoms. The SMILES string of the molecule is CCC(C(=O)NC1CCCC1)N(Cc1cccc(OC)c1)C(=O)Cc1cccc(C)c1. The number of nitrogens with zero attached hydrogens (tertiary/aromatic N) is 1. The van der Waals surface area contributed by atoms with Gasteiger partial charge < -0.3 is 15.0 Å². The molecule has 1 N–H and O–H groups in total. The Hall–Kier alpha value is -2.82. The topological polar surface area (TPSA) is 58.6 Å². The Morgan fingerprint density at radius 3 is 2.48 bits per heavy atom. The summed E-state index contributed by atoms with van der Waals surface area (Å²) >= 11 is 0. The molecule has 1 fully saturated rings. The second-order valence-corrected chi connectivity index (χ2v) is 8.45. The highest BCUT2D eigenvalue weighted by atomic mass is 16.5. The van der Waals surface area contributed by atoms with Crippen molar-refractivity contribution < 1.29 is 14.3 Å². The van der Waals surface area contributed by atoms with Gasteiger partial charge in [-0.2, -0.15) is 0 Å². The maximum Gasteiger partial charge on any atom is 0.243 e. The number of hydrogen-bond acceptors (Lipinski definition) is 3. The average Bonchev–Trinajstić information content (AvgIpc) is 3.26. The van der Waals surface area contributed by atoms with Crippen LogP contribution in [0.3, 0.4) is 0 Å². The molecule has 0 saturated heterocycles. The Morgan fingerprint density at radius 2 is 1.81 bits per heavy atom. The zero-order valence-electron chi connectivity index (χ0n) is 18.9. The summed E-state index contributed by atoms with van der Waals surface area (Å²) in [7, 11) is 1.63. The summed E-state index contributed by atoms with van der Waals surface area (Å²) in [6.45, 7) is 4.36. The molecule has 2 aromatic carbocycles. The molecule has 0 aliphatic heterocycles. The predicted molar refractivity (Wildman–Crippen MR) is 123 cm³/mol. The number of hydrogen-bond donors (Lipinski definition) is 1. The van der Waals surface area contributed by atoms with E-state index in [0.717, 1.165) is 48.1 Å². The lowest BCUT2D eigenvalue weighted by Gasteiger charge is -2.31. The van der Waals surface area contributed by atoms with Crippen molar-refractivity contribution in [1.29, 1.82) is 0 Å². The van der Waals surface area contributed by atoms with Crippen LogP contribution in [-0.4, -0.2) is 35.9 Å². The molecule has 3 rings (SSSR count). The fourth-order valence-electron chi connectivity index (χ4n) is 4.35. The Balaban J connectivity index is 1.83. The molecule has 0 bridgehead atoms. The summed E-state index contributed by atoms with van der Waals surface area (Å²) in [5.41, 5.74) is 3.03. The fourth-order valence-corrected chi connectivity index (χ4v) is 4.35. The van der Waals surface area contributed by atoms with Gasteiger partial charge in [0.15, 0.2) is 0 Å². The summed E-state index contributed by atoms with van der Waals surface area (Å²) in [5, 5.41) is 3.19. The number of methoxy groups -OCH3 is 1. The minimum Gasteiger partial charge on any atom is -0.497 e. The summed E-state index contributed by atoms with van der Waals surface area (Å²) in [6.07, 6.45) is 5.20. The van der Waals surface area contributed by atoms with Crippen molar-refractivity contribution in [3.8, 4) is 5.75 Å². The summed E-state index contributed by atoms with van der Waals surface area (Å²) in [5.74, 6) is 0.656. The first-order chi connectivity index (χ1) is 15.0. The molecule has 166 valence electrons. The molecule has 5 nitrogen and oxygen atoms in total. The highest BCUT2D eigenvalue weighted by Gasteiger charge is 2.30. The minimum atomic E-state index is -0.496. The Morgan fingerprint density at radius 1 is 1.10 bits per heavy atom. The van der Waals surface area contributed by atoms with Crippen LogP contribution < -0.4 is 10.1 Å². The molecule has 2 amide bonds. The van der Waals surface area contributed by atoms with E-state index in [4.69, 9.17) is 4.74 Å². The van der Waals surface area contributed by atoms with Crippen molar-refractivity contribution >= 4 is 11.8 Å². The standard InChI is InChI=1S/C26H34N2O3/c1-4-24(26(30)27-22-12-5-6-13-22)28(18-21-11-8-14-23(16-21)31-3)25(29)17-20-10-7-9-19(2)15-20/h7-11,14-16,22,24H,4-6,12-13,17-18H2,1-3H3,(H,27,30). The Labute approximate surface area is 185 Å². The second-order valence-electron chi connectivity index (χ2n) is 8.45. The summed E-state index contributed by atoms with van der Waals surface area (Å²) < 4.78 is 5.35. The van der Waals surface area contributed by atoms with E-state index in [-0.39, 0.29) is 24.3 Å². The van der Waals surface area contributed by atoms with Crippen molar-refractivity contribution in [1.82, 2.24) is 10.2 Å². The fraction of sp³-hybridized carbons (Fsp3) is 0.462. The van der Waals surface area contributed by atoms with Crippen LogP contribution in [0.5, 0.6) is 5.75 Å². The Kier molecular flexibility index (Phi) is 8.10. The first kappa shape index (κ1) is 22.9. The van der Waals surface area contributed by atoms with Gasteiger partial charge in [-0.3, -0.25) is 9.59 Å². The smallest absolute Gasteiger partial charge is 0.243 e. The van der Waals surface area contributed by atoms with Gasteiger partial charge in [0.1, 0.15) is 11.8 Å². The second kappa shape index (κ2) is 11.0. The molecule has 2 aromatic rings. The predicted octanol–water partition coefficient (Wildman–Crippen LogP) is 4.41. The van der Waals surface area contributed by atoms with Gasteiger partial charge in [0.25, 0.3) is 0 Å². The van der Waals surface area contributed by atoms with E-state index in [9.17, 15) is 9.59 Å². The third kappa shape index (κ3) is 6.33. The van der Waals surface area contributed by atoms with Crippen LogP contribution in [0.15, 0.2) is 48.5 Å². The molecule has 0 radical (unpaired) electrons. The molecule has 31 heavy (non-hydrogen) atoms. The van der Waals surface area contributed by atoms with Gasteiger partial charge in [-0.05, 0) is 49.4 Å². The first-order valence-electron chi connectivity index (χ1n) is 11.3. The van der Waals surface area contributed by atoms with Gasteiger partial charge in [0.05, 0.1) is 13.5 Å². The van der Waals surface area contributed by atoms with E-state index in [0.29, 0.717) is 13.0 Å². The number of carbonyl (C=O) groups is 2. The first-order valence-corrected chi connectivity index (χ1v) is 11.3.